The van der Waals surface area contributed by atoms with Gasteiger partial charge in [0, 0.05) is 17.8 Å². The van der Waals surface area contributed by atoms with Crippen LogP contribution in [0.2, 0.25) is 0 Å². The van der Waals surface area contributed by atoms with E-state index in [0.717, 1.165) is 11.4 Å². The molecule has 1 rings (SSSR count). The lowest BCUT2D eigenvalue weighted by Crippen LogP contribution is -2.29. The monoisotopic (exact) mass is 253 g/mol. The predicted molar refractivity (Wildman–Crippen MR) is 66.3 cm³/mol. The smallest absolute Gasteiger partial charge is 0.335 e. The minimum Gasteiger partial charge on any atom is -0.466 e. The van der Waals surface area contributed by atoms with E-state index in [4.69, 9.17) is 9.47 Å². The molecular formula is C13H19NO4. The van der Waals surface area contributed by atoms with Crippen LogP contribution in [0.4, 0.5) is 0 Å². The van der Waals surface area contributed by atoms with Gasteiger partial charge in [-0.1, -0.05) is 13.8 Å². The number of hydrogen-bond acceptors (Lipinski definition) is 5. The van der Waals surface area contributed by atoms with Crippen molar-refractivity contribution in [3.05, 3.63) is 22.5 Å². The molecule has 0 aromatic rings. The van der Waals surface area contributed by atoms with E-state index in [9.17, 15) is 9.59 Å². The van der Waals surface area contributed by atoms with Gasteiger partial charge in [-0.2, -0.15) is 0 Å². The van der Waals surface area contributed by atoms with Gasteiger partial charge in [0.05, 0.1) is 25.4 Å². The number of rotatable bonds is 3. The van der Waals surface area contributed by atoms with Crippen LogP contribution in [0.5, 0.6) is 0 Å². The summed E-state index contributed by atoms with van der Waals surface area (Å²) in [6, 6.07) is 0. The van der Waals surface area contributed by atoms with Crippen LogP contribution in [-0.4, -0.2) is 26.2 Å². The molecule has 0 saturated carbocycles. The fourth-order valence-corrected chi connectivity index (χ4v) is 1.90. The Labute approximate surface area is 107 Å². The summed E-state index contributed by atoms with van der Waals surface area (Å²) in [5.41, 5.74) is 2.46. The summed E-state index contributed by atoms with van der Waals surface area (Å²) < 4.78 is 9.46. The number of methoxy groups -OCH3 is 2. The topological polar surface area (TPSA) is 64.6 Å². The second-order valence-corrected chi connectivity index (χ2v) is 4.44. The van der Waals surface area contributed by atoms with Crippen molar-refractivity contribution in [3.63, 3.8) is 0 Å². The summed E-state index contributed by atoms with van der Waals surface area (Å²) in [6.45, 7) is 5.74. The van der Waals surface area contributed by atoms with Gasteiger partial charge >= 0.3 is 11.9 Å². The zero-order valence-corrected chi connectivity index (χ0v) is 11.4. The fraction of sp³-hybridized carbons (Fsp3) is 0.538. The third-order valence-corrected chi connectivity index (χ3v) is 2.89. The van der Waals surface area contributed by atoms with E-state index < -0.39 is 11.9 Å². The Morgan fingerprint density at radius 1 is 1.11 bits per heavy atom. The molecule has 0 radical (unpaired) electrons. The quantitative estimate of drug-likeness (QED) is 0.772. The van der Waals surface area contributed by atoms with Crippen molar-refractivity contribution in [3.8, 4) is 0 Å². The molecule has 0 bridgehead atoms. The summed E-state index contributed by atoms with van der Waals surface area (Å²) in [7, 11) is 2.65. The van der Waals surface area contributed by atoms with E-state index in [1.807, 2.05) is 13.8 Å². The highest BCUT2D eigenvalue weighted by Crippen LogP contribution is 2.28. The van der Waals surface area contributed by atoms with E-state index in [0.29, 0.717) is 11.1 Å². The molecule has 1 aliphatic heterocycles. The van der Waals surface area contributed by atoms with Gasteiger partial charge in [0.2, 0.25) is 0 Å². The van der Waals surface area contributed by atoms with Gasteiger partial charge < -0.3 is 14.8 Å². The SMILES string of the molecule is COC(=O)C1=C(C)NC(C(C)C)=C(C(=O)OC)C1. The van der Waals surface area contributed by atoms with Gasteiger partial charge in [0.25, 0.3) is 0 Å². The summed E-state index contributed by atoms with van der Waals surface area (Å²) in [5.74, 6) is -0.697. The van der Waals surface area contributed by atoms with Crippen molar-refractivity contribution >= 4 is 11.9 Å². The Bertz CT molecular complexity index is 432. The van der Waals surface area contributed by atoms with Crippen molar-refractivity contribution in [1.29, 1.82) is 0 Å². The Balaban J connectivity index is 3.14. The van der Waals surface area contributed by atoms with Gasteiger partial charge in [-0.25, -0.2) is 9.59 Å². The average Bonchev–Trinajstić information content (AvgIpc) is 2.36. The molecule has 0 amide bonds. The highest BCUT2D eigenvalue weighted by molar-refractivity contribution is 5.96. The fourth-order valence-electron chi connectivity index (χ4n) is 1.90. The molecule has 0 aromatic heterocycles. The van der Waals surface area contributed by atoms with Crippen molar-refractivity contribution in [2.45, 2.75) is 27.2 Å². The summed E-state index contributed by atoms with van der Waals surface area (Å²) in [5, 5.41) is 3.10. The molecule has 0 aliphatic carbocycles. The zero-order chi connectivity index (χ0) is 13.9. The molecule has 100 valence electrons. The van der Waals surface area contributed by atoms with E-state index >= 15 is 0 Å². The molecule has 5 nitrogen and oxygen atoms in total. The van der Waals surface area contributed by atoms with Crippen LogP contribution in [0.1, 0.15) is 27.2 Å². The normalized spacial score (nSPS) is 15.7. The van der Waals surface area contributed by atoms with Gasteiger partial charge in [0.15, 0.2) is 0 Å². The second kappa shape index (κ2) is 5.71. The Morgan fingerprint density at radius 2 is 1.61 bits per heavy atom. The highest BCUT2D eigenvalue weighted by atomic mass is 16.5. The molecule has 0 atom stereocenters. The van der Waals surface area contributed by atoms with Crippen LogP contribution in [-0.2, 0) is 19.1 Å². The molecule has 5 heteroatoms. The predicted octanol–water partition coefficient (Wildman–Crippen LogP) is 1.51. The molecule has 18 heavy (non-hydrogen) atoms. The minimum atomic E-state index is -0.427. The van der Waals surface area contributed by atoms with Gasteiger partial charge in [-0.3, -0.25) is 0 Å². The molecule has 1 aliphatic rings. The van der Waals surface area contributed by atoms with Crippen molar-refractivity contribution in [1.82, 2.24) is 5.32 Å². The maximum atomic E-state index is 11.8. The largest absolute Gasteiger partial charge is 0.466 e. The Morgan fingerprint density at radius 3 is 2.06 bits per heavy atom. The first-order valence-corrected chi connectivity index (χ1v) is 5.78. The molecule has 0 unspecified atom stereocenters. The van der Waals surface area contributed by atoms with Crippen LogP contribution in [0.15, 0.2) is 22.5 Å². The van der Waals surface area contributed by atoms with Crippen molar-refractivity contribution in [2.24, 2.45) is 5.92 Å². The standard InChI is InChI=1S/C13H19NO4/c1-7(2)11-10(13(16)18-5)6-9(8(3)14-11)12(15)17-4/h7,14H,6H2,1-5H3. The van der Waals surface area contributed by atoms with Crippen molar-refractivity contribution in [2.75, 3.05) is 14.2 Å². The lowest BCUT2D eigenvalue weighted by molar-refractivity contribution is -0.136. The van der Waals surface area contributed by atoms with Gasteiger partial charge in [-0.15, -0.1) is 0 Å². The Kier molecular flexibility index (Phi) is 4.53. The third-order valence-electron chi connectivity index (χ3n) is 2.89. The molecule has 0 spiro atoms. The van der Waals surface area contributed by atoms with Gasteiger partial charge in [0.1, 0.15) is 0 Å². The molecule has 1 N–H and O–H groups in total. The number of esters is 2. The molecular weight excluding hydrogens is 234 g/mol. The van der Waals surface area contributed by atoms with Crippen LogP contribution in [0.25, 0.3) is 0 Å². The van der Waals surface area contributed by atoms with Crippen LogP contribution in [0, 0.1) is 5.92 Å². The second-order valence-electron chi connectivity index (χ2n) is 4.44. The van der Waals surface area contributed by atoms with E-state index in [1.54, 1.807) is 6.92 Å². The zero-order valence-electron chi connectivity index (χ0n) is 11.4. The molecule has 0 fully saturated rings. The van der Waals surface area contributed by atoms with Crippen LogP contribution < -0.4 is 5.32 Å². The van der Waals surface area contributed by atoms with E-state index in [1.165, 1.54) is 14.2 Å². The maximum Gasteiger partial charge on any atom is 0.335 e. The molecule has 0 aromatic carbocycles. The first-order valence-electron chi connectivity index (χ1n) is 5.78. The number of carbonyl (C=O) groups is 2. The maximum absolute atomic E-state index is 11.8. The minimum absolute atomic E-state index is 0.147. The van der Waals surface area contributed by atoms with E-state index in [2.05, 4.69) is 5.32 Å². The number of carbonyl (C=O) groups excluding carboxylic acids is 2. The highest BCUT2D eigenvalue weighted by Gasteiger charge is 2.28. The van der Waals surface area contributed by atoms with Crippen molar-refractivity contribution < 1.29 is 19.1 Å². The van der Waals surface area contributed by atoms with Gasteiger partial charge in [-0.05, 0) is 12.8 Å². The third kappa shape index (κ3) is 2.72. The summed E-state index contributed by atoms with van der Waals surface area (Å²) in [4.78, 5) is 23.4. The van der Waals surface area contributed by atoms with E-state index in [-0.39, 0.29) is 12.3 Å². The number of hydrogen-bond donors (Lipinski definition) is 1. The molecule has 0 saturated heterocycles. The number of dihydropyridines is 1. The number of allylic oxidation sites excluding steroid dienone is 2. The first kappa shape index (κ1) is 14.3. The Hall–Kier alpha value is -1.78. The summed E-state index contributed by atoms with van der Waals surface area (Å²) >= 11 is 0. The summed E-state index contributed by atoms with van der Waals surface area (Å²) in [6.07, 6.45) is 0.242. The lowest BCUT2D eigenvalue weighted by Gasteiger charge is -2.25. The van der Waals surface area contributed by atoms with Crippen LogP contribution >= 0.6 is 0 Å². The number of nitrogens with one attached hydrogen (secondary N) is 1. The van der Waals surface area contributed by atoms with Crippen LogP contribution in [0.3, 0.4) is 0 Å². The lowest BCUT2D eigenvalue weighted by atomic mass is 9.93. The first-order chi connectivity index (χ1) is 8.42. The number of ether oxygens (including phenoxy) is 2. The molecule has 1 heterocycles. The average molecular weight is 253 g/mol.